The van der Waals surface area contributed by atoms with E-state index in [-0.39, 0.29) is 11.8 Å². The van der Waals surface area contributed by atoms with Gasteiger partial charge in [0.05, 0.1) is 29.9 Å². The van der Waals surface area contributed by atoms with Crippen molar-refractivity contribution < 1.29 is 14.3 Å². The average Bonchev–Trinajstić information content (AvgIpc) is 3.06. The van der Waals surface area contributed by atoms with E-state index in [1.54, 1.807) is 20.8 Å². The van der Waals surface area contributed by atoms with E-state index < -0.39 is 12.0 Å². The molecule has 0 fully saturated rings. The molecule has 0 unspecified atom stereocenters. The van der Waals surface area contributed by atoms with Gasteiger partial charge in [-0.1, -0.05) is 60.7 Å². The summed E-state index contributed by atoms with van der Waals surface area (Å²) >= 11 is 0. The van der Waals surface area contributed by atoms with Crippen LogP contribution in [0.4, 0.5) is 0 Å². The molecule has 30 heavy (non-hydrogen) atoms. The molecule has 0 saturated carbocycles. The van der Waals surface area contributed by atoms with Gasteiger partial charge in [0.15, 0.2) is 5.78 Å². The Balaban J connectivity index is 1.88. The maximum absolute atomic E-state index is 13.3. The number of benzene rings is 2. The average molecular weight is 405 g/mol. The number of hydrogen-bond donors (Lipinski definition) is 2. The summed E-state index contributed by atoms with van der Waals surface area (Å²) in [5, 5.41) is 3.47. The van der Waals surface area contributed by atoms with Gasteiger partial charge in [-0.15, -0.1) is 0 Å². The molecule has 1 atom stereocenters. The van der Waals surface area contributed by atoms with Crippen LogP contribution in [0, 0.1) is 13.8 Å². The molecule has 1 heterocycles. The second kappa shape index (κ2) is 9.55. The fourth-order valence-corrected chi connectivity index (χ4v) is 3.72. The largest absolute Gasteiger partial charge is 0.462 e. The van der Waals surface area contributed by atoms with Crippen molar-refractivity contribution in [2.45, 2.75) is 39.8 Å². The van der Waals surface area contributed by atoms with E-state index >= 15 is 0 Å². The summed E-state index contributed by atoms with van der Waals surface area (Å²) in [6, 6.07) is 19.5. The van der Waals surface area contributed by atoms with Gasteiger partial charge in [-0.3, -0.25) is 10.1 Å². The number of ether oxygens (including phenoxy) is 1. The minimum Gasteiger partial charge on any atom is -0.462 e. The predicted octanol–water partition coefficient (Wildman–Crippen LogP) is 4.76. The van der Waals surface area contributed by atoms with E-state index in [2.05, 4.69) is 10.3 Å². The van der Waals surface area contributed by atoms with Crippen LogP contribution in [0.5, 0.6) is 0 Å². The Bertz CT molecular complexity index is 970. The summed E-state index contributed by atoms with van der Waals surface area (Å²) in [5.41, 5.74) is 4.31. The zero-order valence-corrected chi connectivity index (χ0v) is 17.9. The molecule has 5 nitrogen and oxygen atoms in total. The molecule has 2 aromatic carbocycles. The zero-order valence-electron chi connectivity index (χ0n) is 17.9. The number of esters is 1. The van der Waals surface area contributed by atoms with Crippen molar-refractivity contribution in [3.05, 3.63) is 94.3 Å². The Hall–Kier alpha value is -3.18. The Morgan fingerprint density at radius 1 is 0.967 bits per heavy atom. The maximum atomic E-state index is 13.3. The molecule has 0 amide bonds. The molecular weight excluding hydrogens is 376 g/mol. The lowest BCUT2D eigenvalue weighted by Crippen LogP contribution is -2.37. The Morgan fingerprint density at radius 3 is 2.00 bits per heavy atom. The second-order valence-corrected chi connectivity index (χ2v) is 7.35. The highest BCUT2D eigenvalue weighted by atomic mass is 16.5. The van der Waals surface area contributed by atoms with Gasteiger partial charge in [-0.05, 0) is 44.4 Å². The highest BCUT2D eigenvalue weighted by Gasteiger charge is 2.27. The normalized spacial score (nSPS) is 12.0. The first-order chi connectivity index (χ1) is 14.4. The van der Waals surface area contributed by atoms with E-state index in [0.29, 0.717) is 29.1 Å². The van der Waals surface area contributed by atoms with Crippen molar-refractivity contribution >= 4 is 11.8 Å². The SMILES string of the molecule is CCOC(=O)c1c(C)[nH]c(C(=O)[C@@H](C)NC(c2ccccc2)c2ccccc2)c1C. The smallest absolute Gasteiger partial charge is 0.340 e. The molecule has 0 aliphatic heterocycles. The van der Waals surface area contributed by atoms with Gasteiger partial charge in [0.1, 0.15) is 0 Å². The summed E-state index contributed by atoms with van der Waals surface area (Å²) in [7, 11) is 0. The number of rotatable bonds is 8. The molecule has 0 aliphatic rings. The first kappa shape index (κ1) is 21.5. The number of hydrogen-bond acceptors (Lipinski definition) is 4. The van der Waals surface area contributed by atoms with E-state index in [9.17, 15) is 9.59 Å². The molecule has 0 bridgehead atoms. The van der Waals surface area contributed by atoms with Crippen LogP contribution in [0.15, 0.2) is 60.7 Å². The topological polar surface area (TPSA) is 71.2 Å². The van der Waals surface area contributed by atoms with Crippen LogP contribution in [-0.2, 0) is 4.74 Å². The number of carbonyl (C=O) groups excluding carboxylic acids is 2. The molecule has 156 valence electrons. The third-order valence-corrected chi connectivity index (χ3v) is 5.24. The summed E-state index contributed by atoms with van der Waals surface area (Å²) in [6.07, 6.45) is 0. The van der Waals surface area contributed by atoms with Crippen molar-refractivity contribution in [1.29, 1.82) is 0 Å². The van der Waals surface area contributed by atoms with E-state index in [1.807, 2.05) is 67.6 Å². The van der Waals surface area contributed by atoms with Crippen molar-refractivity contribution in [2.24, 2.45) is 0 Å². The van der Waals surface area contributed by atoms with Crippen LogP contribution in [0.1, 0.15) is 63.1 Å². The molecule has 0 spiro atoms. The lowest BCUT2D eigenvalue weighted by atomic mass is 9.96. The number of aromatic nitrogens is 1. The van der Waals surface area contributed by atoms with Crippen LogP contribution in [0.3, 0.4) is 0 Å². The summed E-state index contributed by atoms with van der Waals surface area (Å²) in [4.78, 5) is 28.6. The number of carbonyl (C=O) groups is 2. The van der Waals surface area contributed by atoms with Crippen molar-refractivity contribution in [2.75, 3.05) is 6.61 Å². The van der Waals surface area contributed by atoms with Crippen LogP contribution >= 0.6 is 0 Å². The number of H-pyrrole nitrogens is 1. The number of aromatic amines is 1. The Labute approximate surface area is 177 Å². The molecule has 0 saturated heterocycles. The molecule has 2 N–H and O–H groups in total. The van der Waals surface area contributed by atoms with Gasteiger partial charge in [0.2, 0.25) is 0 Å². The molecular formula is C25H28N2O3. The maximum Gasteiger partial charge on any atom is 0.340 e. The Kier molecular flexibility index (Phi) is 6.85. The van der Waals surface area contributed by atoms with Crippen molar-refractivity contribution in [3.8, 4) is 0 Å². The van der Waals surface area contributed by atoms with Crippen LogP contribution in [0.25, 0.3) is 0 Å². The summed E-state index contributed by atoms with van der Waals surface area (Å²) in [5.74, 6) is -0.502. The second-order valence-electron chi connectivity index (χ2n) is 7.35. The number of aryl methyl sites for hydroxylation is 1. The lowest BCUT2D eigenvalue weighted by Gasteiger charge is -2.24. The van der Waals surface area contributed by atoms with Gasteiger partial charge in [-0.25, -0.2) is 4.79 Å². The Morgan fingerprint density at radius 2 is 1.50 bits per heavy atom. The first-order valence-corrected chi connectivity index (χ1v) is 10.2. The van der Waals surface area contributed by atoms with E-state index in [1.165, 1.54) is 0 Å². The van der Waals surface area contributed by atoms with Crippen LogP contribution < -0.4 is 5.32 Å². The van der Waals surface area contributed by atoms with E-state index in [0.717, 1.165) is 11.1 Å². The van der Waals surface area contributed by atoms with Gasteiger partial charge in [0, 0.05) is 5.69 Å². The number of nitrogens with one attached hydrogen (secondary N) is 2. The third kappa shape index (κ3) is 4.52. The van der Waals surface area contributed by atoms with Gasteiger partial charge < -0.3 is 9.72 Å². The minimum atomic E-state index is -0.470. The molecule has 3 rings (SSSR count). The van der Waals surface area contributed by atoms with Gasteiger partial charge >= 0.3 is 5.97 Å². The fraction of sp³-hybridized carbons (Fsp3) is 0.280. The molecule has 1 aromatic heterocycles. The van der Waals surface area contributed by atoms with E-state index in [4.69, 9.17) is 4.74 Å². The highest BCUT2D eigenvalue weighted by Crippen LogP contribution is 2.24. The predicted molar refractivity (Wildman–Crippen MR) is 118 cm³/mol. The van der Waals surface area contributed by atoms with Gasteiger partial charge in [-0.2, -0.15) is 0 Å². The summed E-state index contributed by atoms with van der Waals surface area (Å²) in [6.45, 7) is 7.47. The third-order valence-electron chi connectivity index (χ3n) is 5.24. The van der Waals surface area contributed by atoms with Crippen molar-refractivity contribution in [1.82, 2.24) is 10.3 Å². The highest BCUT2D eigenvalue weighted by molar-refractivity contribution is 6.03. The standard InChI is InChI=1S/C25H28N2O3/c1-5-30-25(29)21-16(2)22(26-17(21)3)24(28)18(4)27-23(19-12-8-6-9-13-19)20-14-10-7-11-15-20/h6-15,18,23,26-27H,5H2,1-4H3/t18-/m1/s1. The number of Topliss-reactive ketones (excluding diaryl/α,β-unsaturated/α-hetero) is 1. The lowest BCUT2D eigenvalue weighted by molar-refractivity contribution is 0.0525. The monoisotopic (exact) mass is 404 g/mol. The first-order valence-electron chi connectivity index (χ1n) is 10.2. The van der Waals surface area contributed by atoms with Crippen LogP contribution in [0.2, 0.25) is 0 Å². The molecule has 5 heteroatoms. The molecule has 0 aliphatic carbocycles. The van der Waals surface area contributed by atoms with Crippen molar-refractivity contribution in [3.63, 3.8) is 0 Å². The summed E-state index contributed by atoms with van der Waals surface area (Å²) < 4.78 is 5.14. The fourth-order valence-electron chi connectivity index (χ4n) is 3.72. The molecule has 0 radical (unpaired) electrons. The molecule has 3 aromatic rings. The zero-order chi connectivity index (χ0) is 21.7. The number of ketones is 1. The minimum absolute atomic E-state index is 0.0944. The van der Waals surface area contributed by atoms with Crippen LogP contribution in [-0.4, -0.2) is 29.4 Å². The van der Waals surface area contributed by atoms with Gasteiger partial charge in [0.25, 0.3) is 0 Å². The quantitative estimate of drug-likeness (QED) is 0.419.